The molecule has 1 aromatic heterocycles. The van der Waals surface area contributed by atoms with Gasteiger partial charge in [-0.05, 0) is 32.1 Å². The van der Waals surface area contributed by atoms with Crippen LogP contribution in [0.3, 0.4) is 0 Å². The van der Waals surface area contributed by atoms with Gasteiger partial charge in [0, 0.05) is 24.9 Å². The normalized spacial score (nSPS) is 17.3. The molecule has 0 spiro atoms. The highest BCUT2D eigenvalue weighted by Gasteiger charge is 2.41. The maximum Gasteiger partial charge on any atom is 0.246 e. The van der Waals surface area contributed by atoms with E-state index in [2.05, 4.69) is 4.99 Å². The minimum Gasteiger partial charge on any atom is -0.472 e. The lowest BCUT2D eigenvalue weighted by atomic mass is 10.1. The number of nitrogens with zero attached hydrogens (tertiary/aromatic N) is 3. The highest BCUT2D eigenvalue weighted by atomic mass is 32.1. The van der Waals surface area contributed by atoms with E-state index in [1.54, 1.807) is 18.6 Å². The maximum atomic E-state index is 12.3. The van der Waals surface area contributed by atoms with Crippen molar-refractivity contribution >= 4 is 35.4 Å². The Morgan fingerprint density at radius 1 is 1.29 bits per heavy atom. The van der Waals surface area contributed by atoms with Crippen molar-refractivity contribution in [1.82, 2.24) is 9.80 Å². The second-order valence-electron chi connectivity index (χ2n) is 4.55. The molecule has 112 valence electrons. The predicted octanol–water partition coefficient (Wildman–Crippen LogP) is 1.46. The van der Waals surface area contributed by atoms with E-state index in [1.165, 1.54) is 16.0 Å². The summed E-state index contributed by atoms with van der Waals surface area (Å²) in [6, 6.07) is 1.79. The smallest absolute Gasteiger partial charge is 0.246 e. The Kier molecular flexibility index (Phi) is 4.85. The summed E-state index contributed by atoms with van der Waals surface area (Å²) in [7, 11) is 0. The van der Waals surface area contributed by atoms with Gasteiger partial charge in [-0.1, -0.05) is 0 Å². The molecule has 2 rings (SSSR count). The fourth-order valence-corrected chi connectivity index (χ4v) is 2.57. The summed E-state index contributed by atoms with van der Waals surface area (Å²) in [6.45, 7) is 4.90. The largest absolute Gasteiger partial charge is 0.472 e. The molecule has 0 N–H and O–H groups in total. The summed E-state index contributed by atoms with van der Waals surface area (Å²) < 4.78 is 4.94. The summed E-state index contributed by atoms with van der Waals surface area (Å²) in [5.41, 5.74) is 0.886. The van der Waals surface area contributed by atoms with Crippen molar-refractivity contribution in [2.75, 3.05) is 13.1 Å². The zero-order valence-electron chi connectivity index (χ0n) is 12.0. The van der Waals surface area contributed by atoms with Crippen LogP contribution < -0.4 is 0 Å². The van der Waals surface area contributed by atoms with Gasteiger partial charge in [-0.2, -0.15) is 0 Å². The van der Waals surface area contributed by atoms with Crippen molar-refractivity contribution in [3.63, 3.8) is 0 Å². The molecule has 1 aliphatic heterocycles. The molecule has 0 saturated carbocycles. The van der Waals surface area contributed by atoms with Crippen molar-refractivity contribution in [2.24, 2.45) is 10.9 Å². The lowest BCUT2D eigenvalue weighted by molar-refractivity contribution is -0.143. The first-order valence-electron chi connectivity index (χ1n) is 6.77. The summed E-state index contributed by atoms with van der Waals surface area (Å²) >= 11 is 5.18. The first-order valence-corrected chi connectivity index (χ1v) is 7.18. The number of amides is 2. The second-order valence-corrected chi connectivity index (χ2v) is 4.91. The number of furan rings is 1. The van der Waals surface area contributed by atoms with Crippen LogP contribution in [0.5, 0.6) is 0 Å². The molecule has 0 aliphatic carbocycles. The number of rotatable bonds is 5. The Bertz CT molecular complexity index is 542. The van der Waals surface area contributed by atoms with Gasteiger partial charge in [0.05, 0.1) is 19.1 Å². The van der Waals surface area contributed by atoms with Gasteiger partial charge in [0.2, 0.25) is 11.8 Å². The van der Waals surface area contributed by atoms with Crippen molar-refractivity contribution in [3.05, 3.63) is 24.2 Å². The van der Waals surface area contributed by atoms with Crippen LogP contribution in [0.2, 0.25) is 0 Å². The topological polar surface area (TPSA) is 66.1 Å². The molecule has 21 heavy (non-hydrogen) atoms. The van der Waals surface area contributed by atoms with Crippen LogP contribution in [0.1, 0.15) is 19.4 Å². The molecule has 2 amide bonds. The van der Waals surface area contributed by atoms with Gasteiger partial charge in [-0.25, -0.2) is 0 Å². The maximum absolute atomic E-state index is 12.3. The molecule has 6 nitrogen and oxygen atoms in total. The molecule has 0 radical (unpaired) electrons. The van der Waals surface area contributed by atoms with Gasteiger partial charge in [0.1, 0.15) is 0 Å². The third-order valence-electron chi connectivity index (χ3n) is 3.27. The van der Waals surface area contributed by atoms with E-state index in [0.717, 1.165) is 5.56 Å². The van der Waals surface area contributed by atoms with Crippen molar-refractivity contribution in [2.45, 2.75) is 20.4 Å². The average Bonchev–Trinajstić information content (AvgIpc) is 2.97. The van der Waals surface area contributed by atoms with Crippen LogP contribution >= 0.6 is 12.2 Å². The summed E-state index contributed by atoms with van der Waals surface area (Å²) in [6.07, 6.45) is 4.54. The minimum absolute atomic E-state index is 0.273. The van der Waals surface area contributed by atoms with E-state index < -0.39 is 5.92 Å². The number of aliphatic imine (C=N–C) groups is 1. The second kappa shape index (κ2) is 6.62. The van der Waals surface area contributed by atoms with Crippen LogP contribution in [0.25, 0.3) is 0 Å². The molecule has 0 bridgehead atoms. The summed E-state index contributed by atoms with van der Waals surface area (Å²) in [4.78, 5) is 31.7. The Morgan fingerprint density at radius 3 is 2.38 bits per heavy atom. The quantitative estimate of drug-likeness (QED) is 0.469. The van der Waals surface area contributed by atoms with E-state index in [-0.39, 0.29) is 16.9 Å². The lowest BCUT2D eigenvalue weighted by Crippen LogP contribution is -2.59. The van der Waals surface area contributed by atoms with Crippen LogP contribution in [0, 0.1) is 5.92 Å². The van der Waals surface area contributed by atoms with Crippen LogP contribution in [0.15, 0.2) is 28.0 Å². The summed E-state index contributed by atoms with van der Waals surface area (Å²) in [5, 5.41) is 0.273. The van der Waals surface area contributed by atoms with Gasteiger partial charge in [-0.3, -0.25) is 24.4 Å². The Morgan fingerprint density at radius 2 is 1.90 bits per heavy atom. The van der Waals surface area contributed by atoms with Crippen LogP contribution in [-0.2, 0) is 16.1 Å². The minimum atomic E-state index is -0.900. The molecule has 0 unspecified atom stereocenters. The Hall–Kier alpha value is -2.02. The van der Waals surface area contributed by atoms with Crippen molar-refractivity contribution < 1.29 is 14.0 Å². The van der Waals surface area contributed by atoms with E-state index >= 15 is 0 Å². The zero-order valence-corrected chi connectivity index (χ0v) is 12.8. The van der Waals surface area contributed by atoms with E-state index in [0.29, 0.717) is 19.6 Å². The molecule has 0 atom stereocenters. The number of carbonyl (C=O) groups excluding carboxylic acids is 2. The number of carbonyl (C=O) groups is 2. The average molecular weight is 307 g/mol. The molecule has 1 saturated heterocycles. The summed E-state index contributed by atoms with van der Waals surface area (Å²) in [5.74, 6) is -1.52. The van der Waals surface area contributed by atoms with Crippen LogP contribution in [-0.4, -0.2) is 46.0 Å². The standard InChI is InChI=1S/C14H17N3O3S/c1-3-16-12(18)11(13(19)17(4-2)14(16)21)8-15-7-10-5-6-20-9-10/h5-6,8-9,11H,3-4,7H2,1-2H3. The van der Waals surface area contributed by atoms with E-state index in [4.69, 9.17) is 16.6 Å². The SMILES string of the molecule is CCN1C(=O)C(C=NCc2ccoc2)C(=O)N(CC)C1=S. The monoisotopic (exact) mass is 307 g/mol. The third-order valence-corrected chi connectivity index (χ3v) is 3.71. The highest BCUT2D eigenvalue weighted by Crippen LogP contribution is 2.17. The Labute approximate surface area is 128 Å². The Balaban J connectivity index is 2.16. The molecule has 1 aliphatic rings. The lowest BCUT2D eigenvalue weighted by Gasteiger charge is -2.37. The first-order chi connectivity index (χ1) is 10.1. The molecular weight excluding hydrogens is 290 g/mol. The molecule has 7 heteroatoms. The first kappa shape index (κ1) is 15.4. The van der Waals surface area contributed by atoms with Gasteiger partial charge >= 0.3 is 0 Å². The molecule has 1 aromatic rings. The highest BCUT2D eigenvalue weighted by molar-refractivity contribution is 7.80. The van der Waals surface area contributed by atoms with Gasteiger partial charge in [-0.15, -0.1) is 0 Å². The number of hydrogen-bond donors (Lipinski definition) is 0. The van der Waals surface area contributed by atoms with Gasteiger partial charge in [0.25, 0.3) is 0 Å². The van der Waals surface area contributed by atoms with E-state index in [1.807, 2.05) is 13.8 Å². The fourth-order valence-electron chi connectivity index (χ4n) is 2.13. The molecule has 0 aromatic carbocycles. The molecule has 1 fully saturated rings. The van der Waals surface area contributed by atoms with Crippen molar-refractivity contribution in [3.8, 4) is 0 Å². The fraction of sp³-hybridized carbons (Fsp3) is 0.429. The third kappa shape index (κ3) is 3.02. The molecule has 2 heterocycles. The number of hydrogen-bond acceptors (Lipinski definition) is 5. The van der Waals surface area contributed by atoms with E-state index in [9.17, 15) is 9.59 Å². The number of thiocarbonyl (C=S) groups is 1. The van der Waals surface area contributed by atoms with Gasteiger partial charge < -0.3 is 4.42 Å². The van der Waals surface area contributed by atoms with Crippen molar-refractivity contribution in [1.29, 1.82) is 0 Å². The zero-order chi connectivity index (χ0) is 15.4. The van der Waals surface area contributed by atoms with Crippen LogP contribution in [0.4, 0.5) is 0 Å². The molecular formula is C14H17N3O3S. The predicted molar refractivity (Wildman–Crippen MR) is 81.8 cm³/mol. The van der Waals surface area contributed by atoms with Gasteiger partial charge in [0.15, 0.2) is 11.0 Å².